The molecule has 13 rings (SSSR count). The zero-order valence-corrected chi connectivity index (χ0v) is 57.1. The molecule has 9 aromatic carbocycles. The topological polar surface area (TPSA) is 31.8 Å². The van der Waals surface area contributed by atoms with Crippen molar-refractivity contribution in [3.05, 3.63) is 240 Å². The van der Waals surface area contributed by atoms with Crippen molar-refractivity contribution in [2.45, 2.75) is 157 Å². The third-order valence-electron chi connectivity index (χ3n) is 19.0. The first kappa shape index (κ1) is 54.5. The van der Waals surface area contributed by atoms with Gasteiger partial charge in [0, 0.05) is 40.8 Å². The summed E-state index contributed by atoms with van der Waals surface area (Å²) in [6.45, 7) is 41.1. The molecular weight excluding hydrogens is 1110 g/mol. The van der Waals surface area contributed by atoms with Gasteiger partial charge >= 0.3 is 0 Å². The average Bonchev–Trinajstić information content (AvgIpc) is 1.53. The third kappa shape index (κ3) is 10.5. The van der Waals surface area contributed by atoms with Gasteiger partial charge < -0.3 is 14.5 Å². The summed E-state index contributed by atoms with van der Waals surface area (Å²) in [5, 5.41) is 5.39. The molecule has 6 heteroatoms. The van der Waals surface area contributed by atoms with Crippen LogP contribution in [0.2, 0.25) is 0 Å². The predicted molar refractivity (Wildman–Crippen MR) is 387 cm³/mol. The molecule has 10 aromatic rings. The van der Waals surface area contributed by atoms with Crippen molar-refractivity contribution in [3.63, 3.8) is 0 Å². The van der Waals surface area contributed by atoms with Gasteiger partial charge in [0.2, 0.25) is 0 Å². The van der Waals surface area contributed by atoms with Crippen LogP contribution in [0.4, 0.5) is 39.9 Å². The van der Waals surface area contributed by atoms with Gasteiger partial charge in [0.15, 0.2) is 8.07 Å². The van der Waals surface area contributed by atoms with Crippen molar-refractivity contribution in [1.29, 1.82) is 0 Å². The monoisotopic (exact) mass is 1200 g/mol. The van der Waals surface area contributed by atoms with Crippen LogP contribution in [0, 0.1) is 0 Å². The van der Waals surface area contributed by atoms with Crippen molar-refractivity contribution in [2.75, 3.05) is 21.4 Å². The zero-order valence-electron chi connectivity index (χ0n) is 61.1. The fourth-order valence-electron chi connectivity index (χ4n) is 13.7. The van der Waals surface area contributed by atoms with Crippen LogP contribution in [-0.4, -0.2) is 19.7 Å². The second-order valence-electron chi connectivity index (χ2n) is 31.5. The van der Waals surface area contributed by atoms with Crippen LogP contribution in [0.15, 0.2) is 206 Å². The van der Waals surface area contributed by atoms with Gasteiger partial charge in [-0.05, 0) is 157 Å². The summed E-state index contributed by atoms with van der Waals surface area (Å²) in [6.07, 6.45) is 1.96. The standard InChI is InChI=1S/C84H90N4OSi/c1-79(2,3)56-35-38-73-67(48-56)68-49-57(80(4,5)6)36-39-74(68)90(73)75-34-25-24-33-71(75)88(77-50-58(41-42-85-77)81(7,8)9)72-52-63(37-40-76(72)90)89-64-47-61(84(16,17)18)46-62(51-64)86-53-87(70-32-23-22-31-69(70)86)78-65(54-27-20-19-21-28-54)29-26-30-66(78)55-43-59(82(10,11)12)45-60(44-55)83(13,14)15/h19-52H,53H2,1-18H3/i19D,20D,21D,27D,28D. The smallest absolute Gasteiger partial charge is 0.185 e. The molecule has 456 valence electrons. The summed E-state index contributed by atoms with van der Waals surface area (Å²) in [5.41, 5.74) is 17.2. The molecule has 0 amide bonds. The van der Waals surface area contributed by atoms with Crippen LogP contribution < -0.4 is 40.2 Å². The van der Waals surface area contributed by atoms with E-state index >= 15 is 0 Å². The SMILES string of the molecule is [2H]c1c([2H])c([2H])c(-c2cccc(-c3cc(C(C)(C)C)cc(C(C)(C)C)c3)c2N2CN(c3cc(Oc4ccc5c(c4)N(c4cc(C(C)(C)C)ccn4)c4ccccc4[Si]54c5ccc(C(C)(C)C)cc5-c5cc(C(C)(C)C)ccc54)cc(C(C)(C)C)c3)c3ccccc32)c([2H])c1[2H]. The highest BCUT2D eigenvalue weighted by atomic mass is 28.3. The lowest BCUT2D eigenvalue weighted by Gasteiger charge is -2.43. The number of aromatic nitrogens is 1. The van der Waals surface area contributed by atoms with Gasteiger partial charge in [0.1, 0.15) is 24.0 Å². The van der Waals surface area contributed by atoms with Crippen molar-refractivity contribution in [3.8, 4) is 44.9 Å². The zero-order chi connectivity index (χ0) is 68.2. The molecule has 3 aliphatic heterocycles. The first-order valence-electron chi connectivity index (χ1n) is 34.6. The maximum absolute atomic E-state index is 9.47. The van der Waals surface area contributed by atoms with E-state index < -0.39 is 14.1 Å². The highest BCUT2D eigenvalue weighted by Gasteiger charge is 2.55. The fourth-order valence-corrected chi connectivity index (χ4v) is 19.2. The number of nitrogens with zero attached hydrogens (tertiary/aromatic N) is 4. The molecule has 0 N–H and O–H groups in total. The number of anilines is 7. The molecule has 4 heterocycles. The van der Waals surface area contributed by atoms with Crippen molar-refractivity contribution >= 4 is 68.8 Å². The first-order chi connectivity index (χ1) is 44.5. The second kappa shape index (κ2) is 21.3. The van der Waals surface area contributed by atoms with Crippen LogP contribution in [0.25, 0.3) is 33.4 Å². The van der Waals surface area contributed by atoms with Gasteiger partial charge in [0.05, 0.1) is 29.6 Å². The van der Waals surface area contributed by atoms with Gasteiger partial charge in [-0.25, -0.2) is 4.98 Å². The summed E-state index contributed by atoms with van der Waals surface area (Å²) in [5.74, 6) is 2.22. The summed E-state index contributed by atoms with van der Waals surface area (Å²) < 4.78 is 53.0. The summed E-state index contributed by atoms with van der Waals surface area (Å²) in [4.78, 5) is 12.2. The van der Waals surface area contributed by atoms with Gasteiger partial charge in [-0.2, -0.15) is 0 Å². The molecule has 5 nitrogen and oxygen atoms in total. The quantitative estimate of drug-likeness (QED) is 0.149. The highest BCUT2D eigenvalue weighted by Crippen LogP contribution is 2.52. The maximum atomic E-state index is 9.47. The maximum Gasteiger partial charge on any atom is 0.185 e. The van der Waals surface area contributed by atoms with Gasteiger partial charge in [-0.15, -0.1) is 0 Å². The van der Waals surface area contributed by atoms with Crippen molar-refractivity contribution in [2.24, 2.45) is 0 Å². The number of ether oxygens (including phenoxy) is 1. The molecule has 1 aromatic heterocycles. The summed E-state index contributed by atoms with van der Waals surface area (Å²) >= 11 is 0. The van der Waals surface area contributed by atoms with Crippen LogP contribution >= 0.6 is 0 Å². The number of benzene rings is 9. The lowest BCUT2D eigenvalue weighted by atomic mass is 9.78. The number of hydrogen-bond donors (Lipinski definition) is 0. The van der Waals surface area contributed by atoms with Gasteiger partial charge in [-0.3, -0.25) is 4.90 Å². The minimum atomic E-state index is -3.11. The lowest BCUT2D eigenvalue weighted by Crippen LogP contribution is -2.75. The van der Waals surface area contributed by atoms with E-state index in [0.717, 1.165) is 56.6 Å². The van der Waals surface area contributed by atoms with Gasteiger partial charge in [0.25, 0.3) is 0 Å². The Kier molecular flexibility index (Phi) is 12.9. The Labute approximate surface area is 545 Å². The minimum absolute atomic E-state index is 0.0622. The highest BCUT2D eigenvalue weighted by molar-refractivity contribution is 7.23. The van der Waals surface area contributed by atoms with Crippen LogP contribution in [0.1, 0.15) is 165 Å². The summed E-state index contributed by atoms with van der Waals surface area (Å²) in [7, 11) is -3.11. The number of hydrogen-bond acceptors (Lipinski definition) is 5. The Bertz CT molecular complexity index is 4650. The Morgan fingerprint density at radius 3 is 1.46 bits per heavy atom. The van der Waals surface area contributed by atoms with Crippen LogP contribution in [0.5, 0.6) is 11.5 Å². The molecule has 0 atom stereocenters. The van der Waals surface area contributed by atoms with Crippen LogP contribution in [0.3, 0.4) is 0 Å². The number of para-hydroxylation sites is 4. The fraction of sp³-hybridized carbons (Fsp3) is 0.298. The molecule has 0 aliphatic carbocycles. The lowest BCUT2D eigenvalue weighted by molar-refractivity contribution is 0.479. The van der Waals surface area contributed by atoms with E-state index in [1.54, 1.807) is 0 Å². The Morgan fingerprint density at radius 2 is 0.878 bits per heavy atom. The molecule has 1 spiro atoms. The van der Waals surface area contributed by atoms with E-state index in [1.807, 2.05) is 18.3 Å². The third-order valence-corrected chi connectivity index (χ3v) is 23.9. The van der Waals surface area contributed by atoms with Crippen LogP contribution in [-0.2, 0) is 32.5 Å². The summed E-state index contributed by atoms with van der Waals surface area (Å²) in [6, 6.07) is 61.2. The van der Waals surface area contributed by atoms with E-state index in [-0.39, 0.29) is 62.2 Å². The number of fused-ring (bicyclic) bond motifs is 10. The predicted octanol–water partition coefficient (Wildman–Crippen LogP) is 20.4. The Hall–Kier alpha value is -8.45. The van der Waals surface area contributed by atoms with E-state index in [9.17, 15) is 2.74 Å². The molecule has 0 saturated carbocycles. The Morgan fingerprint density at radius 1 is 0.378 bits per heavy atom. The molecular formula is C84H90N4OSi. The molecule has 0 saturated heterocycles. The molecule has 0 fully saturated rings. The Balaban J connectivity index is 1.00. The van der Waals surface area contributed by atoms with Gasteiger partial charge in [-0.1, -0.05) is 264 Å². The van der Waals surface area contributed by atoms with E-state index in [4.69, 9.17) is 13.8 Å². The number of rotatable bonds is 7. The van der Waals surface area contributed by atoms with E-state index in [1.165, 1.54) is 59.7 Å². The first-order valence-corrected chi connectivity index (χ1v) is 34.1. The second-order valence-corrected chi connectivity index (χ2v) is 35.2. The van der Waals surface area contributed by atoms with Crippen molar-refractivity contribution in [1.82, 2.24) is 4.98 Å². The molecule has 0 unspecified atom stereocenters. The largest absolute Gasteiger partial charge is 0.457 e. The van der Waals surface area contributed by atoms with E-state index in [0.29, 0.717) is 23.7 Å². The normalized spacial score (nSPS) is 15.3. The molecule has 3 aliphatic rings. The van der Waals surface area contributed by atoms with E-state index in [2.05, 4.69) is 297 Å². The molecule has 0 radical (unpaired) electrons. The number of pyridine rings is 1. The minimum Gasteiger partial charge on any atom is -0.457 e. The molecule has 0 bridgehead atoms. The van der Waals surface area contributed by atoms with Crippen molar-refractivity contribution < 1.29 is 11.6 Å². The molecule has 90 heavy (non-hydrogen) atoms. The average molecular weight is 1200 g/mol.